The number of aliphatic hydroxyl groups excluding tert-OH is 1. The van der Waals surface area contributed by atoms with Gasteiger partial charge in [-0.2, -0.15) is 0 Å². The van der Waals surface area contributed by atoms with Crippen LogP contribution in [-0.4, -0.2) is 96.7 Å². The third-order valence-corrected chi connectivity index (χ3v) is 20.7. The summed E-state index contributed by atoms with van der Waals surface area (Å²) >= 11 is 0. The molecule has 0 heterocycles. The highest BCUT2D eigenvalue weighted by Crippen LogP contribution is 2.45. The summed E-state index contributed by atoms with van der Waals surface area (Å²) in [6.45, 7) is 7.32. The topological polar surface area (TPSA) is 237 Å². The van der Waals surface area contributed by atoms with Gasteiger partial charge < -0.3 is 33.8 Å². The zero-order valence-corrected chi connectivity index (χ0v) is 66.4. The maximum atomic E-state index is 13.1. The van der Waals surface area contributed by atoms with Crippen molar-refractivity contribution in [1.29, 1.82) is 0 Å². The molecule has 99 heavy (non-hydrogen) atoms. The van der Waals surface area contributed by atoms with Crippen molar-refractivity contribution < 1.29 is 80.2 Å². The van der Waals surface area contributed by atoms with E-state index in [0.717, 1.165) is 109 Å². The molecule has 17 nitrogen and oxygen atoms in total. The molecule has 0 aliphatic rings. The van der Waals surface area contributed by atoms with Gasteiger partial charge in [0.25, 0.3) is 0 Å². The average molecular weight is 1450 g/mol. The summed E-state index contributed by atoms with van der Waals surface area (Å²) in [4.78, 5) is 72.9. The molecule has 0 amide bonds. The van der Waals surface area contributed by atoms with Crippen molar-refractivity contribution in [3.8, 4) is 0 Å². The van der Waals surface area contributed by atoms with Crippen LogP contribution in [0.15, 0.2) is 0 Å². The Morgan fingerprint density at radius 3 is 0.687 bits per heavy atom. The van der Waals surface area contributed by atoms with Crippen molar-refractivity contribution in [3.05, 3.63) is 0 Å². The van der Waals surface area contributed by atoms with Crippen molar-refractivity contribution in [2.24, 2.45) is 5.92 Å². The molecule has 0 aromatic heterocycles. The first kappa shape index (κ1) is 97.1. The molecule has 5 atom stereocenters. The molecule has 0 aromatic rings. The molecule has 0 saturated carbocycles. The second kappa shape index (κ2) is 73.0. The summed E-state index contributed by atoms with van der Waals surface area (Å²) in [7, 11) is -9.91. The average Bonchev–Trinajstić information content (AvgIpc) is 1.15. The first-order valence-electron chi connectivity index (χ1n) is 41.6. The zero-order valence-electron chi connectivity index (χ0n) is 64.6. The summed E-state index contributed by atoms with van der Waals surface area (Å²) in [6, 6.07) is 0. The highest BCUT2D eigenvalue weighted by atomic mass is 31.2. The van der Waals surface area contributed by atoms with Gasteiger partial charge in [-0.05, 0) is 31.6 Å². The van der Waals surface area contributed by atoms with Crippen LogP contribution in [-0.2, 0) is 65.4 Å². The van der Waals surface area contributed by atoms with Crippen molar-refractivity contribution in [2.45, 2.75) is 445 Å². The van der Waals surface area contributed by atoms with Gasteiger partial charge in [0.15, 0.2) is 12.2 Å². The van der Waals surface area contributed by atoms with Crippen LogP contribution in [0.1, 0.15) is 426 Å². The quantitative estimate of drug-likeness (QED) is 0.0222. The minimum atomic E-state index is -4.96. The summed E-state index contributed by atoms with van der Waals surface area (Å²) in [5.41, 5.74) is 0. The van der Waals surface area contributed by atoms with E-state index in [2.05, 4.69) is 34.6 Å². The third-order valence-electron chi connectivity index (χ3n) is 18.8. The molecule has 3 N–H and O–H groups in total. The molecule has 0 fully saturated rings. The molecule has 0 aliphatic heterocycles. The predicted molar refractivity (Wildman–Crippen MR) is 405 cm³/mol. The molecular weight excluding hydrogens is 1290 g/mol. The van der Waals surface area contributed by atoms with Crippen molar-refractivity contribution >= 4 is 39.5 Å². The van der Waals surface area contributed by atoms with E-state index in [1.807, 2.05) is 0 Å². The highest BCUT2D eigenvalue weighted by Gasteiger charge is 2.30. The second-order valence-corrected chi connectivity index (χ2v) is 32.2. The monoisotopic (exact) mass is 1450 g/mol. The van der Waals surface area contributed by atoms with E-state index in [0.29, 0.717) is 25.7 Å². The van der Waals surface area contributed by atoms with E-state index >= 15 is 0 Å². The Morgan fingerprint density at radius 2 is 0.465 bits per heavy atom. The van der Waals surface area contributed by atoms with Gasteiger partial charge in [0.05, 0.1) is 26.4 Å². The summed E-state index contributed by atoms with van der Waals surface area (Å²) in [6.07, 6.45) is 63.9. The SMILES string of the molecule is CCCCCCCCCCCCCCCCCCCC(=O)OC[C@H](COP(=O)(O)OC[C@@H](O)COP(=O)(O)OC[C@@H](COC(=O)CCCCCCCCC)OC(=O)CCCCCCCCCCCCCCCCCCC)OC(=O)CCCCCCCCCCCCCCCCCC(C)C. The van der Waals surface area contributed by atoms with Gasteiger partial charge in [-0.3, -0.25) is 37.3 Å². The number of ether oxygens (including phenoxy) is 4. The lowest BCUT2D eigenvalue weighted by atomic mass is 10.0. The van der Waals surface area contributed by atoms with Crippen LogP contribution in [0.5, 0.6) is 0 Å². The Labute approximate surface area is 607 Å². The fourth-order valence-electron chi connectivity index (χ4n) is 12.4. The standard InChI is InChI=1S/C80H156O17P2/c1-6-9-12-15-18-20-22-24-26-28-32-36-40-44-49-54-59-64-78(83)91-70-76(97-80(85)66-61-56-51-46-42-38-34-30-31-35-39-43-48-52-57-62-73(4)5)72-95-99(88,89)93-68-74(81)67-92-98(86,87)94-71-75(69-90-77(82)63-58-53-47-17-14-11-8-3)96-79(84)65-60-55-50-45-41-37-33-29-27-25-23-21-19-16-13-10-7-2/h73-76,81H,6-72H2,1-5H3,(H,86,87)(H,88,89)/t74-,75+,76+/m0/s1. The van der Waals surface area contributed by atoms with Crippen molar-refractivity contribution in [1.82, 2.24) is 0 Å². The number of esters is 4. The van der Waals surface area contributed by atoms with E-state index in [4.69, 9.17) is 37.0 Å². The van der Waals surface area contributed by atoms with E-state index in [1.165, 1.54) is 238 Å². The first-order chi connectivity index (χ1) is 48.0. The molecule has 2 unspecified atom stereocenters. The molecule has 0 saturated heterocycles. The normalized spacial score (nSPS) is 13.9. The number of phosphoric ester groups is 2. The molecule has 0 rings (SSSR count). The Hall–Kier alpha value is -1.94. The van der Waals surface area contributed by atoms with Crippen LogP contribution in [0, 0.1) is 5.92 Å². The molecule has 0 aliphatic carbocycles. The number of carbonyl (C=O) groups is 4. The summed E-state index contributed by atoms with van der Waals surface area (Å²) < 4.78 is 68.6. The Balaban J connectivity index is 5.18. The van der Waals surface area contributed by atoms with Crippen LogP contribution < -0.4 is 0 Å². The molecule has 0 bridgehead atoms. The summed E-state index contributed by atoms with van der Waals surface area (Å²) in [5, 5.41) is 10.6. The van der Waals surface area contributed by atoms with Crippen molar-refractivity contribution in [2.75, 3.05) is 39.6 Å². The number of phosphoric acid groups is 2. The zero-order chi connectivity index (χ0) is 72.7. The van der Waals surface area contributed by atoms with Crippen molar-refractivity contribution in [3.63, 3.8) is 0 Å². The second-order valence-electron chi connectivity index (χ2n) is 29.3. The lowest BCUT2D eigenvalue weighted by Crippen LogP contribution is -2.30. The Morgan fingerprint density at radius 1 is 0.273 bits per heavy atom. The van der Waals surface area contributed by atoms with Gasteiger partial charge >= 0.3 is 39.5 Å². The largest absolute Gasteiger partial charge is 0.472 e. The smallest absolute Gasteiger partial charge is 0.462 e. The van der Waals surface area contributed by atoms with Gasteiger partial charge in [0.1, 0.15) is 19.3 Å². The predicted octanol–water partition coefficient (Wildman–Crippen LogP) is 24.0. The third kappa shape index (κ3) is 74.1. The molecule has 0 spiro atoms. The van der Waals surface area contributed by atoms with Gasteiger partial charge in [-0.25, -0.2) is 9.13 Å². The van der Waals surface area contributed by atoms with Crippen LogP contribution in [0.3, 0.4) is 0 Å². The van der Waals surface area contributed by atoms with E-state index in [9.17, 15) is 43.2 Å². The number of aliphatic hydroxyl groups is 1. The Kier molecular flexibility index (Phi) is 71.6. The lowest BCUT2D eigenvalue weighted by Gasteiger charge is -2.21. The number of hydrogen-bond donors (Lipinski definition) is 3. The van der Waals surface area contributed by atoms with E-state index in [1.54, 1.807) is 0 Å². The molecule has 19 heteroatoms. The maximum Gasteiger partial charge on any atom is 0.472 e. The number of carbonyl (C=O) groups excluding carboxylic acids is 4. The minimum absolute atomic E-state index is 0.108. The molecular formula is C80H156O17P2. The maximum absolute atomic E-state index is 13.1. The summed E-state index contributed by atoms with van der Waals surface area (Å²) in [5.74, 6) is -1.31. The number of rotatable bonds is 80. The van der Waals surface area contributed by atoms with Crippen LogP contribution in [0.4, 0.5) is 0 Å². The van der Waals surface area contributed by atoms with Crippen LogP contribution in [0.2, 0.25) is 0 Å². The molecule has 0 aromatic carbocycles. The fraction of sp³-hybridized carbons (Fsp3) is 0.950. The highest BCUT2D eigenvalue weighted by molar-refractivity contribution is 7.47. The molecule has 588 valence electrons. The Bertz CT molecular complexity index is 1890. The number of hydrogen-bond acceptors (Lipinski definition) is 15. The number of unbranched alkanes of at least 4 members (excludes halogenated alkanes) is 52. The van der Waals surface area contributed by atoms with Gasteiger partial charge in [-0.1, -0.05) is 375 Å². The lowest BCUT2D eigenvalue weighted by molar-refractivity contribution is -0.161. The van der Waals surface area contributed by atoms with Gasteiger partial charge in [0.2, 0.25) is 0 Å². The van der Waals surface area contributed by atoms with Crippen LogP contribution in [0.25, 0.3) is 0 Å². The van der Waals surface area contributed by atoms with Crippen LogP contribution >= 0.6 is 15.6 Å². The van der Waals surface area contributed by atoms with E-state index < -0.39 is 97.5 Å². The molecule has 0 radical (unpaired) electrons. The fourth-order valence-corrected chi connectivity index (χ4v) is 14.0. The van der Waals surface area contributed by atoms with Gasteiger partial charge in [0, 0.05) is 25.7 Å². The minimum Gasteiger partial charge on any atom is -0.462 e. The first-order valence-corrected chi connectivity index (χ1v) is 44.6. The van der Waals surface area contributed by atoms with E-state index in [-0.39, 0.29) is 25.7 Å². The van der Waals surface area contributed by atoms with Gasteiger partial charge in [-0.15, -0.1) is 0 Å².